The average molecular weight is 425 g/mol. The summed E-state index contributed by atoms with van der Waals surface area (Å²) in [6.07, 6.45) is 0. The molecule has 9 nitrogen and oxygen atoms in total. The predicted molar refractivity (Wildman–Crippen MR) is 111 cm³/mol. The van der Waals surface area contributed by atoms with E-state index in [1.165, 1.54) is 11.3 Å². The number of piperazine rings is 1. The second kappa shape index (κ2) is 9.04. The van der Waals surface area contributed by atoms with Crippen LogP contribution >= 0.6 is 22.9 Å². The normalized spacial score (nSPS) is 14.8. The third kappa shape index (κ3) is 4.91. The largest absolute Gasteiger partial charge is 0.462 e. The monoisotopic (exact) mass is 424 g/mol. The van der Waals surface area contributed by atoms with Gasteiger partial charge in [0.25, 0.3) is 0 Å². The zero-order valence-electron chi connectivity index (χ0n) is 16.0. The van der Waals surface area contributed by atoms with Gasteiger partial charge < -0.3 is 19.5 Å². The van der Waals surface area contributed by atoms with Crippen LogP contribution in [0.2, 0.25) is 12.0 Å². The number of nitrogens with zero attached hydrogens (tertiary/aromatic N) is 5. The van der Waals surface area contributed by atoms with E-state index < -0.39 is 13.0 Å². The van der Waals surface area contributed by atoms with Crippen molar-refractivity contribution in [2.45, 2.75) is 20.7 Å². The number of esters is 1. The van der Waals surface area contributed by atoms with E-state index in [2.05, 4.69) is 25.2 Å². The van der Waals surface area contributed by atoms with Crippen molar-refractivity contribution in [3.05, 3.63) is 21.8 Å². The second-order valence-corrected chi connectivity index (χ2v) is 7.69. The van der Waals surface area contributed by atoms with Crippen molar-refractivity contribution >= 4 is 52.9 Å². The number of ether oxygens (including phenoxy) is 1. The number of halogens is 1. The van der Waals surface area contributed by atoms with Crippen LogP contribution in [0.4, 0.5) is 16.9 Å². The van der Waals surface area contributed by atoms with Gasteiger partial charge in [0.1, 0.15) is 15.8 Å². The maximum absolute atomic E-state index is 12.0. The first kappa shape index (κ1) is 20.8. The quantitative estimate of drug-likeness (QED) is 0.409. The molecule has 28 heavy (non-hydrogen) atoms. The van der Waals surface area contributed by atoms with Crippen LogP contribution in [-0.4, -0.2) is 70.6 Å². The predicted octanol–water partition coefficient (Wildman–Crippen LogP) is 2.05. The highest BCUT2D eigenvalue weighted by atomic mass is 35.5. The van der Waals surface area contributed by atoms with Crippen molar-refractivity contribution in [1.82, 2.24) is 19.8 Å². The van der Waals surface area contributed by atoms with Gasteiger partial charge in [-0.25, -0.2) is 14.8 Å². The molecule has 0 saturated carbocycles. The molecule has 2 aromatic heterocycles. The molecule has 1 aliphatic rings. The second-order valence-electron chi connectivity index (χ2n) is 6.31. The highest BCUT2D eigenvalue weighted by Crippen LogP contribution is 2.27. The molecule has 0 atom stereocenters. The molecule has 0 unspecified atom stereocenters. The van der Waals surface area contributed by atoms with Crippen LogP contribution in [0.1, 0.15) is 22.3 Å². The molecule has 0 bridgehead atoms. The smallest absolute Gasteiger partial charge is 0.376 e. The van der Waals surface area contributed by atoms with Gasteiger partial charge >= 0.3 is 13.0 Å². The van der Waals surface area contributed by atoms with Crippen LogP contribution in [-0.2, 0) is 4.74 Å². The zero-order valence-corrected chi connectivity index (χ0v) is 17.5. The Morgan fingerprint density at radius 3 is 2.71 bits per heavy atom. The number of carbonyl (C=O) groups is 1. The molecule has 1 fully saturated rings. The summed E-state index contributed by atoms with van der Waals surface area (Å²) in [5, 5.41) is 13.5. The van der Waals surface area contributed by atoms with Crippen LogP contribution in [0.5, 0.6) is 0 Å². The summed E-state index contributed by atoms with van der Waals surface area (Å²) in [5.74, 6) is 0.616. The van der Waals surface area contributed by atoms with E-state index in [-0.39, 0.29) is 0 Å². The first-order valence-electron chi connectivity index (χ1n) is 9.00. The van der Waals surface area contributed by atoms with Crippen molar-refractivity contribution in [2.24, 2.45) is 0 Å². The molecule has 3 rings (SSSR count). The minimum Gasteiger partial charge on any atom is -0.462 e. The summed E-state index contributed by atoms with van der Waals surface area (Å²) < 4.78 is 5.04. The molecule has 3 heterocycles. The van der Waals surface area contributed by atoms with Gasteiger partial charge in [0, 0.05) is 32.2 Å². The molecule has 1 aliphatic heterocycles. The number of rotatable bonds is 6. The molecule has 0 amide bonds. The van der Waals surface area contributed by atoms with Gasteiger partial charge in [-0.05, 0) is 20.7 Å². The standard InChI is InChI=1S/C16H22BClN6O3S/c1-4-27-14(25)13-10(2)19-16(28-13)22-15-20-11(18)9-12(21-15)23-5-7-24(8-6-23)17(3)26/h9,26H,4-8H2,1-3H3,(H,19,20,21,22). The number of carbonyl (C=O) groups excluding carboxylic acids is 1. The molecule has 0 radical (unpaired) electrons. The minimum absolute atomic E-state index is 0.308. The SMILES string of the molecule is CCOC(=O)c1sc(Nc2nc(Cl)cc(N3CCN(B(C)O)CC3)n2)nc1C. The van der Waals surface area contributed by atoms with Gasteiger partial charge in [0.05, 0.1) is 12.3 Å². The Kier molecular flexibility index (Phi) is 6.71. The van der Waals surface area contributed by atoms with Gasteiger partial charge in [0.15, 0.2) is 5.13 Å². The van der Waals surface area contributed by atoms with Crippen LogP contribution in [0.15, 0.2) is 6.07 Å². The van der Waals surface area contributed by atoms with Crippen molar-refractivity contribution in [2.75, 3.05) is 43.0 Å². The summed E-state index contributed by atoms with van der Waals surface area (Å²) in [6.45, 7) is 8.49. The van der Waals surface area contributed by atoms with E-state index >= 15 is 0 Å². The van der Waals surface area contributed by atoms with Crippen molar-refractivity contribution in [3.63, 3.8) is 0 Å². The van der Waals surface area contributed by atoms with E-state index in [0.29, 0.717) is 39.2 Å². The van der Waals surface area contributed by atoms with Crippen molar-refractivity contribution in [3.8, 4) is 0 Å². The molecular formula is C16H22BClN6O3S. The van der Waals surface area contributed by atoms with Crippen LogP contribution < -0.4 is 10.2 Å². The molecule has 150 valence electrons. The zero-order chi connectivity index (χ0) is 20.3. The number of aryl methyl sites for hydroxylation is 1. The van der Waals surface area contributed by atoms with Gasteiger partial charge in [0.2, 0.25) is 5.95 Å². The van der Waals surface area contributed by atoms with Crippen molar-refractivity contribution < 1.29 is 14.6 Å². The number of nitrogens with one attached hydrogen (secondary N) is 1. The highest BCUT2D eigenvalue weighted by Gasteiger charge is 2.24. The van der Waals surface area contributed by atoms with E-state index in [4.69, 9.17) is 16.3 Å². The third-order valence-corrected chi connectivity index (χ3v) is 5.57. The summed E-state index contributed by atoms with van der Waals surface area (Å²) in [7, 11) is -0.463. The van der Waals surface area contributed by atoms with Crippen LogP contribution in [0.25, 0.3) is 0 Å². The Balaban J connectivity index is 1.74. The molecule has 2 N–H and O–H groups in total. The summed E-state index contributed by atoms with van der Waals surface area (Å²) in [4.78, 5) is 29.6. The molecular weight excluding hydrogens is 403 g/mol. The highest BCUT2D eigenvalue weighted by molar-refractivity contribution is 7.17. The van der Waals surface area contributed by atoms with E-state index in [0.717, 1.165) is 26.2 Å². The lowest BCUT2D eigenvalue weighted by atomic mass is 9.84. The lowest BCUT2D eigenvalue weighted by Gasteiger charge is -2.36. The topological polar surface area (TPSA) is 104 Å². The fourth-order valence-corrected chi connectivity index (χ4v) is 3.91. The van der Waals surface area contributed by atoms with E-state index in [9.17, 15) is 9.82 Å². The third-order valence-electron chi connectivity index (χ3n) is 4.32. The lowest BCUT2D eigenvalue weighted by Crippen LogP contribution is -2.51. The van der Waals surface area contributed by atoms with Crippen LogP contribution in [0, 0.1) is 6.92 Å². The van der Waals surface area contributed by atoms with E-state index in [1.54, 1.807) is 26.7 Å². The molecule has 1 saturated heterocycles. The maximum atomic E-state index is 12.0. The molecule has 12 heteroatoms. The Hall–Kier alpha value is -1.95. The van der Waals surface area contributed by atoms with E-state index in [1.807, 2.05) is 4.81 Å². The van der Waals surface area contributed by atoms with Gasteiger partial charge in [-0.1, -0.05) is 22.9 Å². The Bertz CT molecular complexity index is 844. The van der Waals surface area contributed by atoms with Gasteiger partial charge in [-0.15, -0.1) is 0 Å². The fourth-order valence-electron chi connectivity index (χ4n) is 2.88. The number of hydrogen-bond donors (Lipinski definition) is 2. The Labute approximate surface area is 172 Å². The number of hydrogen-bond acceptors (Lipinski definition) is 10. The maximum Gasteiger partial charge on any atom is 0.376 e. The van der Waals surface area contributed by atoms with Crippen LogP contribution in [0.3, 0.4) is 0 Å². The number of anilines is 3. The Morgan fingerprint density at radius 2 is 2.07 bits per heavy atom. The Morgan fingerprint density at radius 1 is 1.36 bits per heavy atom. The minimum atomic E-state index is -0.463. The average Bonchev–Trinajstić information content (AvgIpc) is 3.01. The first-order valence-corrected chi connectivity index (χ1v) is 10.2. The summed E-state index contributed by atoms with van der Waals surface area (Å²) in [5.41, 5.74) is 0.586. The van der Waals surface area contributed by atoms with Gasteiger partial charge in [-0.2, -0.15) is 4.98 Å². The number of aromatic nitrogens is 3. The fraction of sp³-hybridized carbons (Fsp3) is 0.500. The van der Waals surface area contributed by atoms with Gasteiger partial charge in [-0.3, -0.25) is 5.32 Å². The molecule has 0 spiro atoms. The summed E-state index contributed by atoms with van der Waals surface area (Å²) >= 11 is 7.37. The first-order chi connectivity index (χ1) is 13.4. The lowest BCUT2D eigenvalue weighted by molar-refractivity contribution is 0.0531. The van der Waals surface area contributed by atoms with Crippen molar-refractivity contribution in [1.29, 1.82) is 0 Å². The molecule has 0 aliphatic carbocycles. The summed E-state index contributed by atoms with van der Waals surface area (Å²) in [6, 6.07) is 1.71. The molecule has 0 aromatic carbocycles. The number of thiazole rings is 1. The molecule has 2 aromatic rings.